The number of rotatable bonds is 4. The molecule has 1 aromatic carbocycles. The number of anilines is 1. The lowest BCUT2D eigenvalue weighted by molar-refractivity contribution is 0.226. The minimum absolute atomic E-state index is 0. The van der Waals surface area contributed by atoms with Crippen molar-refractivity contribution in [2.75, 3.05) is 18.0 Å². The number of aliphatic imine (C=N–C) groups is 1. The Morgan fingerprint density at radius 2 is 1.96 bits per heavy atom. The zero-order valence-electron chi connectivity index (χ0n) is 15.3. The molecule has 0 fully saturated rings. The van der Waals surface area contributed by atoms with Gasteiger partial charge in [-0.15, -0.1) is 12.4 Å². The number of benzene rings is 1. The van der Waals surface area contributed by atoms with E-state index >= 15 is 0 Å². The first-order valence-corrected chi connectivity index (χ1v) is 8.96. The number of halogens is 1. The Morgan fingerprint density at radius 1 is 1.23 bits per heavy atom. The number of nitrogens with one attached hydrogen (secondary N) is 1. The summed E-state index contributed by atoms with van der Waals surface area (Å²) in [6.07, 6.45) is 1.81. The molecular weight excluding hydrogens is 350 g/mol. The van der Waals surface area contributed by atoms with E-state index in [9.17, 15) is 4.79 Å². The molecule has 0 aliphatic carbocycles. The zero-order valence-corrected chi connectivity index (χ0v) is 16.1. The van der Waals surface area contributed by atoms with Crippen LogP contribution in [0.15, 0.2) is 29.3 Å². The number of H-pyrrole nitrogens is 1. The molecule has 1 N–H and O–H groups in total. The number of aryl methyl sites for hydroxylation is 1. The van der Waals surface area contributed by atoms with Gasteiger partial charge in [0.25, 0.3) is 0 Å². The number of amidine groups is 1. The first kappa shape index (κ1) is 18.5. The largest absolute Gasteiger partial charge is 0.334 e. The van der Waals surface area contributed by atoms with Crippen molar-refractivity contribution in [3.63, 3.8) is 0 Å². The quantitative estimate of drug-likeness (QED) is 0.880. The van der Waals surface area contributed by atoms with E-state index in [1.807, 2.05) is 0 Å². The number of aromatic amines is 1. The van der Waals surface area contributed by atoms with Crippen molar-refractivity contribution < 1.29 is 4.79 Å². The Kier molecular flexibility index (Phi) is 5.05. The zero-order chi connectivity index (χ0) is 17.6. The van der Waals surface area contributed by atoms with Gasteiger partial charge < -0.3 is 4.98 Å². The lowest BCUT2D eigenvalue weighted by atomic mass is 10.1. The lowest BCUT2D eigenvalue weighted by Crippen LogP contribution is -2.50. The molecule has 138 valence electrons. The van der Waals surface area contributed by atoms with Crippen LogP contribution < -0.4 is 4.90 Å². The van der Waals surface area contributed by atoms with Crippen LogP contribution in [0.5, 0.6) is 0 Å². The van der Waals surface area contributed by atoms with Crippen LogP contribution in [-0.4, -0.2) is 45.9 Å². The number of hydrogen-bond donors (Lipinski definition) is 1. The molecular formula is C19H24ClN5O. The van der Waals surface area contributed by atoms with Gasteiger partial charge >= 0.3 is 6.03 Å². The Hall–Kier alpha value is -2.34. The van der Waals surface area contributed by atoms with Gasteiger partial charge in [0.15, 0.2) is 11.7 Å². The number of aromatic nitrogens is 2. The molecule has 26 heavy (non-hydrogen) atoms. The van der Waals surface area contributed by atoms with E-state index in [4.69, 9.17) is 9.98 Å². The summed E-state index contributed by atoms with van der Waals surface area (Å²) in [5.41, 5.74) is 3.08. The Morgan fingerprint density at radius 3 is 2.62 bits per heavy atom. The number of urea groups is 1. The van der Waals surface area contributed by atoms with E-state index in [1.54, 1.807) is 9.80 Å². The molecule has 1 aromatic heterocycles. The summed E-state index contributed by atoms with van der Waals surface area (Å²) in [7, 11) is 0. The molecule has 3 heterocycles. The summed E-state index contributed by atoms with van der Waals surface area (Å²) < 4.78 is 0. The highest BCUT2D eigenvalue weighted by molar-refractivity contribution is 6.18. The number of carbonyl (C=O) groups is 1. The van der Waals surface area contributed by atoms with E-state index in [0.717, 1.165) is 35.8 Å². The number of imidazole rings is 1. The van der Waals surface area contributed by atoms with Gasteiger partial charge in [-0.05, 0) is 19.8 Å². The molecule has 0 saturated heterocycles. The highest BCUT2D eigenvalue weighted by Crippen LogP contribution is 2.33. The number of amides is 2. The van der Waals surface area contributed by atoms with Crippen LogP contribution in [0, 0.1) is 6.92 Å². The summed E-state index contributed by atoms with van der Waals surface area (Å²) in [5, 5.41) is 0. The van der Waals surface area contributed by atoms with Gasteiger partial charge in [0.1, 0.15) is 11.5 Å². The molecule has 0 spiro atoms. The van der Waals surface area contributed by atoms with Gasteiger partial charge in [0.2, 0.25) is 0 Å². The van der Waals surface area contributed by atoms with Crippen molar-refractivity contribution in [1.29, 1.82) is 0 Å². The molecule has 1 unspecified atom stereocenters. The first-order valence-electron chi connectivity index (χ1n) is 8.96. The Labute approximate surface area is 159 Å². The third-order valence-corrected chi connectivity index (χ3v) is 4.82. The summed E-state index contributed by atoms with van der Waals surface area (Å²) in [6, 6.07) is 8.39. The fourth-order valence-electron chi connectivity index (χ4n) is 3.39. The van der Waals surface area contributed by atoms with Crippen LogP contribution in [0.1, 0.15) is 37.9 Å². The van der Waals surface area contributed by atoms with Crippen LogP contribution in [0.3, 0.4) is 0 Å². The summed E-state index contributed by atoms with van der Waals surface area (Å²) in [6.45, 7) is 7.55. The second-order valence-electron chi connectivity index (χ2n) is 6.71. The van der Waals surface area contributed by atoms with Gasteiger partial charge in [-0.1, -0.05) is 43.7 Å². The van der Waals surface area contributed by atoms with Crippen molar-refractivity contribution in [2.45, 2.75) is 39.7 Å². The fourth-order valence-corrected chi connectivity index (χ4v) is 3.39. The SMILES string of the molecule is CCCN1C(=O)N2CC(CC)N=C2c2[nH]c(-c3ccc(C)cc3)nc21.Cl. The van der Waals surface area contributed by atoms with Gasteiger partial charge in [-0.2, -0.15) is 0 Å². The first-order chi connectivity index (χ1) is 12.1. The van der Waals surface area contributed by atoms with Crippen molar-refractivity contribution in [3.05, 3.63) is 35.5 Å². The number of hydrogen-bond acceptors (Lipinski definition) is 3. The highest BCUT2D eigenvalue weighted by Gasteiger charge is 2.41. The summed E-state index contributed by atoms with van der Waals surface area (Å²) >= 11 is 0. The number of carbonyl (C=O) groups excluding carboxylic acids is 1. The van der Waals surface area contributed by atoms with Gasteiger partial charge in [0.05, 0.1) is 12.6 Å². The molecule has 4 rings (SSSR count). The smallest absolute Gasteiger partial charge is 0.331 e. The standard InChI is InChI=1S/C19H23N5O.ClH/c1-4-10-23-18-15(17-20-14(5-2)11-24(17)19(23)25)21-16(22-18)13-8-6-12(3)7-9-13;/h6-9,14H,4-5,10-11H2,1-3H3,(H,21,22);1H. The van der Waals surface area contributed by atoms with Gasteiger partial charge in [-0.3, -0.25) is 14.8 Å². The minimum atomic E-state index is -0.00833. The maximum atomic E-state index is 12.9. The molecule has 0 saturated carbocycles. The minimum Gasteiger partial charge on any atom is -0.334 e. The summed E-state index contributed by atoms with van der Waals surface area (Å²) in [4.78, 5) is 29.4. The van der Waals surface area contributed by atoms with Crippen LogP contribution in [0.2, 0.25) is 0 Å². The van der Waals surface area contributed by atoms with Crippen LogP contribution in [-0.2, 0) is 0 Å². The lowest BCUT2D eigenvalue weighted by Gasteiger charge is -2.32. The monoisotopic (exact) mass is 373 g/mol. The molecule has 0 radical (unpaired) electrons. The molecule has 0 bridgehead atoms. The molecule has 7 heteroatoms. The van der Waals surface area contributed by atoms with Crippen molar-refractivity contribution >= 4 is 30.1 Å². The van der Waals surface area contributed by atoms with E-state index in [2.05, 4.69) is 50.0 Å². The summed E-state index contributed by atoms with van der Waals surface area (Å²) in [5.74, 6) is 2.22. The van der Waals surface area contributed by atoms with Crippen LogP contribution in [0.4, 0.5) is 10.6 Å². The van der Waals surface area contributed by atoms with Gasteiger partial charge in [-0.25, -0.2) is 9.78 Å². The van der Waals surface area contributed by atoms with Crippen molar-refractivity contribution in [2.24, 2.45) is 4.99 Å². The average Bonchev–Trinajstić information content (AvgIpc) is 3.23. The molecule has 2 aliphatic rings. The highest BCUT2D eigenvalue weighted by atomic mass is 35.5. The number of nitrogens with zero attached hydrogens (tertiary/aromatic N) is 4. The van der Waals surface area contributed by atoms with E-state index in [1.165, 1.54) is 5.56 Å². The maximum Gasteiger partial charge on any atom is 0.331 e. The second-order valence-corrected chi connectivity index (χ2v) is 6.71. The second kappa shape index (κ2) is 7.11. The van der Waals surface area contributed by atoms with Crippen LogP contribution >= 0.6 is 12.4 Å². The normalized spacial score (nSPS) is 18.3. The maximum absolute atomic E-state index is 12.9. The third kappa shape index (κ3) is 2.88. The Bertz CT molecular complexity index is 842. The van der Waals surface area contributed by atoms with E-state index < -0.39 is 0 Å². The topological polar surface area (TPSA) is 64.6 Å². The number of fused-ring (bicyclic) bond motifs is 3. The molecule has 1 atom stereocenters. The van der Waals surface area contributed by atoms with Crippen molar-refractivity contribution in [3.8, 4) is 11.4 Å². The Balaban J connectivity index is 0.00000196. The van der Waals surface area contributed by atoms with E-state index in [0.29, 0.717) is 18.9 Å². The molecule has 2 aromatic rings. The fraction of sp³-hybridized carbons (Fsp3) is 0.421. The third-order valence-electron chi connectivity index (χ3n) is 4.82. The molecule has 2 amide bonds. The predicted octanol–water partition coefficient (Wildman–Crippen LogP) is 4.00. The molecule has 2 aliphatic heterocycles. The molecule has 6 nitrogen and oxygen atoms in total. The van der Waals surface area contributed by atoms with Crippen LogP contribution in [0.25, 0.3) is 11.4 Å². The van der Waals surface area contributed by atoms with E-state index in [-0.39, 0.29) is 24.5 Å². The van der Waals surface area contributed by atoms with Crippen molar-refractivity contribution in [1.82, 2.24) is 14.9 Å². The van der Waals surface area contributed by atoms with Gasteiger partial charge in [0, 0.05) is 12.1 Å². The predicted molar refractivity (Wildman–Crippen MR) is 106 cm³/mol. The average molecular weight is 374 g/mol.